The fourth-order valence-electron chi connectivity index (χ4n) is 7.40. The number of carbonyl (C=O) groups excluding carboxylic acids is 5. The number of hydrogen-bond acceptors (Lipinski definition) is 7. The maximum atomic E-state index is 14.4. The Labute approximate surface area is 298 Å². The van der Waals surface area contributed by atoms with Crippen LogP contribution in [-0.4, -0.2) is 90.1 Å². The summed E-state index contributed by atoms with van der Waals surface area (Å²) in [5.74, 6) is 1.63. The van der Waals surface area contributed by atoms with Gasteiger partial charge in [0.1, 0.15) is 12.1 Å². The minimum Gasteiger partial charge on any atom is -0.348 e. The second kappa shape index (κ2) is 15.3. The van der Waals surface area contributed by atoms with Gasteiger partial charge in [0.05, 0.1) is 22.1 Å². The summed E-state index contributed by atoms with van der Waals surface area (Å²) in [6.07, 6.45) is 14.5. The number of piperidine rings is 1. The van der Waals surface area contributed by atoms with E-state index in [1.807, 2.05) is 13.8 Å². The first-order valence-electron chi connectivity index (χ1n) is 17.6. The van der Waals surface area contributed by atoms with Crippen LogP contribution in [-0.2, 0) is 29.0 Å². The molecule has 1 aliphatic heterocycles. The van der Waals surface area contributed by atoms with Crippen LogP contribution in [0.5, 0.6) is 0 Å². The van der Waals surface area contributed by atoms with Crippen LogP contribution < -0.4 is 21.3 Å². The standard InChI is InChI=1S/C37H57N5O7S/c1-11-13-18-25(28(43)31(45)38-21-14-12-2)39-30(44)27-26-24(36(26,9)10)22-42(27)32(46)29(34(3,4)5)40-33(47)41-37(19-16-15-17-20-37)23-50(48,49)35(6,7)8/h1-2,24-27,29H,13-23H2,3-10H3,(H,38,45)(H,39,44)(H2,40,41,47)/t24-,25?,26-,27-,29+/m0/s1. The lowest BCUT2D eigenvalue weighted by atomic mass is 9.83. The summed E-state index contributed by atoms with van der Waals surface area (Å²) in [5.41, 5.74) is -2.02. The van der Waals surface area contributed by atoms with Gasteiger partial charge in [-0.2, -0.15) is 0 Å². The van der Waals surface area contributed by atoms with Gasteiger partial charge in [0, 0.05) is 25.9 Å². The number of carbonyl (C=O) groups is 5. The number of sulfone groups is 1. The molecule has 1 heterocycles. The first kappa shape index (κ1) is 40.8. The van der Waals surface area contributed by atoms with Crippen molar-refractivity contribution >= 4 is 39.4 Å². The Morgan fingerprint density at radius 1 is 0.920 bits per heavy atom. The average molecular weight is 716 g/mol. The lowest BCUT2D eigenvalue weighted by Crippen LogP contribution is -2.64. The Morgan fingerprint density at radius 3 is 2.06 bits per heavy atom. The van der Waals surface area contributed by atoms with Crippen LogP contribution in [0, 0.1) is 47.4 Å². The molecule has 2 saturated carbocycles. The van der Waals surface area contributed by atoms with Crippen LogP contribution in [0.1, 0.15) is 107 Å². The SMILES string of the molecule is C#CCCNC(=O)C(=O)C(CCC#C)NC(=O)[C@@H]1[C@@H]2[C@H](CN1C(=O)[C@@H](NC(=O)NC1(CS(=O)(=O)C(C)(C)C)CCCCC1)C(C)(C)C)C2(C)C. The zero-order valence-electron chi connectivity index (χ0n) is 31.0. The van der Waals surface area contributed by atoms with Gasteiger partial charge in [-0.25, -0.2) is 13.2 Å². The van der Waals surface area contributed by atoms with Crippen molar-refractivity contribution in [2.45, 2.75) is 135 Å². The summed E-state index contributed by atoms with van der Waals surface area (Å²) in [5, 5.41) is 11.0. The second-order valence-electron chi connectivity index (χ2n) is 16.9. The smallest absolute Gasteiger partial charge is 0.315 e. The molecule has 4 N–H and O–H groups in total. The molecule has 5 atom stereocenters. The van der Waals surface area contributed by atoms with E-state index in [9.17, 15) is 32.4 Å². The summed E-state index contributed by atoms with van der Waals surface area (Å²) >= 11 is 0. The number of ketones is 1. The van der Waals surface area contributed by atoms with E-state index < -0.39 is 73.2 Å². The Hall–Kier alpha value is -3.58. The number of likely N-dealkylation sites (tertiary alicyclic amines) is 1. The number of rotatable bonds is 13. The number of fused-ring (bicyclic) bond motifs is 1. The van der Waals surface area contributed by atoms with E-state index in [0.717, 1.165) is 19.3 Å². The van der Waals surface area contributed by atoms with Crippen molar-refractivity contribution in [2.24, 2.45) is 22.7 Å². The Morgan fingerprint density at radius 2 is 1.52 bits per heavy atom. The average Bonchev–Trinajstić information content (AvgIpc) is 3.31. The third-order valence-electron chi connectivity index (χ3n) is 10.7. The highest BCUT2D eigenvalue weighted by atomic mass is 32.2. The Kier molecular flexibility index (Phi) is 12.5. The van der Waals surface area contributed by atoms with Gasteiger partial charge in [0.25, 0.3) is 5.91 Å². The van der Waals surface area contributed by atoms with Crippen molar-refractivity contribution in [1.82, 2.24) is 26.2 Å². The third-order valence-corrected chi connectivity index (χ3v) is 13.5. The maximum absolute atomic E-state index is 14.4. The lowest BCUT2D eigenvalue weighted by Gasteiger charge is -2.41. The van der Waals surface area contributed by atoms with E-state index >= 15 is 0 Å². The van der Waals surface area contributed by atoms with Crippen LogP contribution in [0.3, 0.4) is 0 Å². The molecule has 5 amide bonds. The van der Waals surface area contributed by atoms with Gasteiger partial charge < -0.3 is 26.2 Å². The molecule has 278 valence electrons. The third kappa shape index (κ3) is 9.20. The van der Waals surface area contributed by atoms with Gasteiger partial charge in [-0.1, -0.05) is 53.9 Å². The highest BCUT2D eigenvalue weighted by Crippen LogP contribution is 2.65. The predicted molar refractivity (Wildman–Crippen MR) is 192 cm³/mol. The van der Waals surface area contributed by atoms with E-state index in [2.05, 4.69) is 33.1 Å². The normalized spacial score (nSPS) is 23.6. The molecule has 0 aromatic heterocycles. The maximum Gasteiger partial charge on any atom is 0.315 e. The predicted octanol–water partition coefficient (Wildman–Crippen LogP) is 2.71. The van der Waals surface area contributed by atoms with E-state index in [1.54, 1.807) is 41.5 Å². The van der Waals surface area contributed by atoms with Crippen molar-refractivity contribution in [3.63, 3.8) is 0 Å². The van der Waals surface area contributed by atoms with Gasteiger partial charge >= 0.3 is 6.03 Å². The number of urea groups is 1. The topological polar surface area (TPSA) is 171 Å². The molecular formula is C37H57N5O7S. The summed E-state index contributed by atoms with van der Waals surface area (Å²) < 4.78 is 25.6. The first-order chi connectivity index (χ1) is 23.0. The summed E-state index contributed by atoms with van der Waals surface area (Å²) in [6, 6.07) is -3.88. The molecule has 0 aromatic carbocycles. The number of Topliss-reactive ketones (excluding diaryl/α,β-unsaturated/α-hetero) is 1. The first-order valence-corrected chi connectivity index (χ1v) is 19.3. The number of hydrogen-bond donors (Lipinski definition) is 4. The molecule has 12 nitrogen and oxygen atoms in total. The zero-order valence-corrected chi connectivity index (χ0v) is 31.8. The fraction of sp³-hybridized carbons (Fsp3) is 0.757. The quantitative estimate of drug-likeness (QED) is 0.129. The van der Waals surface area contributed by atoms with E-state index in [1.165, 1.54) is 4.90 Å². The molecule has 0 spiro atoms. The van der Waals surface area contributed by atoms with Crippen molar-refractivity contribution in [2.75, 3.05) is 18.8 Å². The molecule has 0 aromatic rings. The molecule has 0 bridgehead atoms. The molecule has 3 rings (SSSR count). The van der Waals surface area contributed by atoms with Crippen LogP contribution in [0.15, 0.2) is 0 Å². The number of amides is 5. The summed E-state index contributed by atoms with van der Waals surface area (Å²) in [6.45, 7) is 14.8. The van der Waals surface area contributed by atoms with E-state index in [0.29, 0.717) is 12.8 Å². The van der Waals surface area contributed by atoms with Crippen LogP contribution in [0.25, 0.3) is 0 Å². The van der Waals surface area contributed by atoms with Crippen molar-refractivity contribution < 1.29 is 32.4 Å². The van der Waals surface area contributed by atoms with Crippen molar-refractivity contribution in [3.8, 4) is 24.7 Å². The monoisotopic (exact) mass is 715 g/mol. The molecule has 0 radical (unpaired) electrons. The van der Waals surface area contributed by atoms with Gasteiger partial charge in [-0.05, 0) is 62.7 Å². The molecule has 1 unspecified atom stereocenters. The lowest BCUT2D eigenvalue weighted by molar-refractivity contribution is -0.145. The number of nitrogens with zero attached hydrogens (tertiary/aromatic N) is 1. The van der Waals surface area contributed by atoms with Gasteiger partial charge in [-0.3, -0.25) is 19.2 Å². The van der Waals surface area contributed by atoms with Crippen LogP contribution >= 0.6 is 0 Å². The molecule has 3 aliphatic rings. The molecule has 13 heteroatoms. The van der Waals surface area contributed by atoms with Crippen molar-refractivity contribution in [1.29, 1.82) is 0 Å². The zero-order chi connectivity index (χ0) is 37.9. The fourth-order valence-corrected chi connectivity index (χ4v) is 8.92. The van der Waals surface area contributed by atoms with Gasteiger partial charge in [0.2, 0.25) is 17.6 Å². The Bertz CT molecular complexity index is 1520. The van der Waals surface area contributed by atoms with Crippen LogP contribution in [0.4, 0.5) is 4.79 Å². The Balaban J connectivity index is 1.86. The number of terminal acetylenes is 2. The summed E-state index contributed by atoms with van der Waals surface area (Å²) in [7, 11) is -3.58. The molecule has 2 aliphatic carbocycles. The summed E-state index contributed by atoms with van der Waals surface area (Å²) in [4.78, 5) is 69.4. The van der Waals surface area contributed by atoms with Gasteiger partial charge in [0.15, 0.2) is 9.84 Å². The van der Waals surface area contributed by atoms with Crippen molar-refractivity contribution in [3.05, 3.63) is 0 Å². The minimum atomic E-state index is -3.58. The molecular weight excluding hydrogens is 659 g/mol. The van der Waals surface area contributed by atoms with E-state index in [4.69, 9.17) is 12.8 Å². The van der Waals surface area contributed by atoms with E-state index in [-0.39, 0.29) is 55.4 Å². The molecule has 1 saturated heterocycles. The second-order valence-corrected chi connectivity index (χ2v) is 19.6. The largest absolute Gasteiger partial charge is 0.348 e. The van der Waals surface area contributed by atoms with Gasteiger partial charge in [-0.15, -0.1) is 24.7 Å². The highest BCUT2D eigenvalue weighted by Gasteiger charge is 2.70. The highest BCUT2D eigenvalue weighted by molar-refractivity contribution is 7.92. The molecule has 3 fully saturated rings. The van der Waals surface area contributed by atoms with Crippen LogP contribution in [0.2, 0.25) is 0 Å². The number of nitrogens with one attached hydrogen (secondary N) is 4. The minimum absolute atomic E-state index is 0.0108. The molecule has 50 heavy (non-hydrogen) atoms.